The van der Waals surface area contributed by atoms with E-state index in [0.29, 0.717) is 10.5 Å². The Labute approximate surface area is 109 Å². The zero-order chi connectivity index (χ0) is 12.4. The van der Waals surface area contributed by atoms with Crippen LogP contribution in [0.3, 0.4) is 0 Å². The SMILES string of the molecule is S=c1cc(Oc2ccccc2)c2ccccc2o1. The third-order valence-corrected chi connectivity index (χ3v) is 2.78. The quantitative estimate of drug-likeness (QED) is 0.604. The first kappa shape index (κ1) is 11.0. The Hall–Kier alpha value is -2.13. The average molecular weight is 254 g/mol. The Morgan fingerprint density at radius 2 is 1.61 bits per heavy atom. The van der Waals surface area contributed by atoms with Crippen LogP contribution in [0.1, 0.15) is 0 Å². The molecule has 0 atom stereocenters. The van der Waals surface area contributed by atoms with E-state index in [-0.39, 0.29) is 0 Å². The molecule has 18 heavy (non-hydrogen) atoms. The standard InChI is InChI=1S/C15H10O2S/c18-15-10-14(16-11-6-2-1-3-7-11)12-8-4-5-9-13(12)17-15/h1-10H. The summed E-state index contributed by atoms with van der Waals surface area (Å²) in [6, 6.07) is 19.0. The summed E-state index contributed by atoms with van der Waals surface area (Å²) in [6.45, 7) is 0. The molecule has 1 aromatic heterocycles. The van der Waals surface area contributed by atoms with E-state index in [1.807, 2.05) is 54.6 Å². The predicted molar refractivity (Wildman–Crippen MR) is 73.6 cm³/mol. The Bertz CT molecular complexity index is 732. The van der Waals surface area contributed by atoms with Crippen molar-refractivity contribution in [3.05, 3.63) is 65.4 Å². The van der Waals surface area contributed by atoms with E-state index < -0.39 is 0 Å². The lowest BCUT2D eigenvalue weighted by molar-refractivity contribution is 0.479. The van der Waals surface area contributed by atoms with Crippen LogP contribution in [0, 0.1) is 4.71 Å². The minimum atomic E-state index is 0.416. The molecule has 2 nitrogen and oxygen atoms in total. The van der Waals surface area contributed by atoms with Crippen LogP contribution in [0.5, 0.6) is 11.5 Å². The maximum Gasteiger partial charge on any atom is 0.194 e. The molecule has 88 valence electrons. The van der Waals surface area contributed by atoms with Gasteiger partial charge in [0, 0.05) is 6.07 Å². The molecular formula is C15H10O2S. The van der Waals surface area contributed by atoms with Crippen molar-refractivity contribution in [3.63, 3.8) is 0 Å². The summed E-state index contributed by atoms with van der Waals surface area (Å²) in [5.41, 5.74) is 0.732. The summed E-state index contributed by atoms with van der Waals surface area (Å²) in [7, 11) is 0. The average Bonchev–Trinajstić information content (AvgIpc) is 2.40. The summed E-state index contributed by atoms with van der Waals surface area (Å²) < 4.78 is 11.7. The molecular weight excluding hydrogens is 244 g/mol. The normalized spacial score (nSPS) is 10.4. The van der Waals surface area contributed by atoms with Crippen molar-refractivity contribution in [2.24, 2.45) is 0 Å². The topological polar surface area (TPSA) is 22.4 Å². The van der Waals surface area contributed by atoms with Gasteiger partial charge in [0.15, 0.2) is 4.71 Å². The summed E-state index contributed by atoms with van der Waals surface area (Å²) in [5, 5.41) is 0.912. The highest BCUT2D eigenvalue weighted by molar-refractivity contribution is 7.71. The molecule has 2 aromatic carbocycles. The Balaban J connectivity index is 2.14. The zero-order valence-electron chi connectivity index (χ0n) is 9.50. The van der Waals surface area contributed by atoms with Gasteiger partial charge < -0.3 is 9.15 Å². The first-order chi connectivity index (χ1) is 8.83. The maximum atomic E-state index is 5.85. The van der Waals surface area contributed by atoms with Crippen LogP contribution in [-0.4, -0.2) is 0 Å². The Morgan fingerprint density at radius 1 is 0.889 bits per heavy atom. The molecule has 3 heteroatoms. The van der Waals surface area contributed by atoms with E-state index in [1.165, 1.54) is 0 Å². The molecule has 0 amide bonds. The van der Waals surface area contributed by atoms with Crippen molar-refractivity contribution in [2.75, 3.05) is 0 Å². The molecule has 1 heterocycles. The number of para-hydroxylation sites is 2. The fourth-order valence-corrected chi connectivity index (χ4v) is 1.98. The zero-order valence-corrected chi connectivity index (χ0v) is 10.3. The Kier molecular flexibility index (Phi) is 2.82. The molecule has 0 spiro atoms. The molecule has 0 fully saturated rings. The minimum absolute atomic E-state index is 0.416. The highest BCUT2D eigenvalue weighted by Crippen LogP contribution is 2.30. The van der Waals surface area contributed by atoms with Crippen LogP contribution in [0.15, 0.2) is 65.1 Å². The lowest BCUT2D eigenvalue weighted by Gasteiger charge is -2.07. The lowest BCUT2D eigenvalue weighted by Crippen LogP contribution is -1.85. The molecule has 0 unspecified atom stereocenters. The summed E-state index contributed by atoms with van der Waals surface area (Å²) in [4.78, 5) is 0. The minimum Gasteiger partial charge on any atom is -0.456 e. The monoisotopic (exact) mass is 254 g/mol. The van der Waals surface area contributed by atoms with E-state index in [2.05, 4.69) is 0 Å². The van der Waals surface area contributed by atoms with Crippen LogP contribution >= 0.6 is 12.2 Å². The second-order valence-corrected chi connectivity index (χ2v) is 4.24. The molecule has 3 rings (SSSR count). The third-order valence-electron chi connectivity index (χ3n) is 2.58. The van der Waals surface area contributed by atoms with E-state index in [4.69, 9.17) is 21.4 Å². The van der Waals surface area contributed by atoms with Gasteiger partial charge in [-0.25, -0.2) is 0 Å². The van der Waals surface area contributed by atoms with Gasteiger partial charge in [0.25, 0.3) is 0 Å². The second kappa shape index (κ2) is 4.63. The van der Waals surface area contributed by atoms with Gasteiger partial charge in [-0.1, -0.05) is 30.3 Å². The summed E-state index contributed by atoms with van der Waals surface area (Å²) in [5.74, 6) is 1.50. The van der Waals surface area contributed by atoms with Gasteiger partial charge in [-0.15, -0.1) is 0 Å². The molecule has 0 bridgehead atoms. The maximum absolute atomic E-state index is 5.85. The first-order valence-electron chi connectivity index (χ1n) is 5.59. The molecule has 0 saturated heterocycles. The van der Waals surface area contributed by atoms with E-state index >= 15 is 0 Å². The smallest absolute Gasteiger partial charge is 0.194 e. The van der Waals surface area contributed by atoms with Gasteiger partial charge in [0.1, 0.15) is 17.1 Å². The number of rotatable bonds is 2. The highest BCUT2D eigenvalue weighted by Gasteiger charge is 2.05. The number of ether oxygens (including phenoxy) is 1. The molecule has 0 aliphatic rings. The fourth-order valence-electron chi connectivity index (χ4n) is 1.78. The van der Waals surface area contributed by atoms with Gasteiger partial charge in [-0.2, -0.15) is 0 Å². The van der Waals surface area contributed by atoms with Crippen molar-refractivity contribution in [2.45, 2.75) is 0 Å². The van der Waals surface area contributed by atoms with Crippen molar-refractivity contribution >= 4 is 23.2 Å². The lowest BCUT2D eigenvalue weighted by atomic mass is 10.2. The summed E-state index contributed by atoms with van der Waals surface area (Å²) in [6.07, 6.45) is 0. The van der Waals surface area contributed by atoms with Gasteiger partial charge >= 0.3 is 0 Å². The second-order valence-electron chi connectivity index (χ2n) is 3.84. The van der Waals surface area contributed by atoms with E-state index in [0.717, 1.165) is 16.7 Å². The van der Waals surface area contributed by atoms with Crippen LogP contribution in [0.2, 0.25) is 0 Å². The van der Waals surface area contributed by atoms with E-state index in [9.17, 15) is 0 Å². The predicted octanol–water partition coefficient (Wildman–Crippen LogP) is 4.95. The third kappa shape index (κ3) is 2.13. The molecule has 0 aliphatic carbocycles. The fraction of sp³-hybridized carbons (Fsp3) is 0. The molecule has 0 aliphatic heterocycles. The van der Waals surface area contributed by atoms with Gasteiger partial charge in [-0.05, 0) is 36.5 Å². The van der Waals surface area contributed by atoms with Crippen LogP contribution in [0.25, 0.3) is 11.0 Å². The molecule has 0 radical (unpaired) electrons. The van der Waals surface area contributed by atoms with Crippen molar-refractivity contribution in [1.82, 2.24) is 0 Å². The van der Waals surface area contributed by atoms with Gasteiger partial charge in [-0.3, -0.25) is 0 Å². The molecule has 0 N–H and O–H groups in total. The number of hydrogen-bond donors (Lipinski definition) is 0. The number of fused-ring (bicyclic) bond motifs is 1. The molecule has 0 saturated carbocycles. The van der Waals surface area contributed by atoms with Crippen LogP contribution < -0.4 is 4.74 Å². The van der Waals surface area contributed by atoms with Gasteiger partial charge in [0.05, 0.1) is 5.39 Å². The number of hydrogen-bond acceptors (Lipinski definition) is 3. The van der Waals surface area contributed by atoms with Crippen molar-refractivity contribution in [1.29, 1.82) is 0 Å². The molecule has 3 aromatic rings. The van der Waals surface area contributed by atoms with Crippen molar-refractivity contribution in [3.8, 4) is 11.5 Å². The van der Waals surface area contributed by atoms with Crippen LogP contribution in [-0.2, 0) is 0 Å². The number of benzene rings is 2. The van der Waals surface area contributed by atoms with Crippen LogP contribution in [0.4, 0.5) is 0 Å². The first-order valence-corrected chi connectivity index (χ1v) is 5.99. The summed E-state index contributed by atoms with van der Waals surface area (Å²) >= 11 is 5.10. The van der Waals surface area contributed by atoms with E-state index in [1.54, 1.807) is 6.07 Å². The van der Waals surface area contributed by atoms with Crippen molar-refractivity contribution < 1.29 is 9.15 Å². The van der Waals surface area contributed by atoms with Gasteiger partial charge in [0.2, 0.25) is 0 Å². The Morgan fingerprint density at radius 3 is 2.44 bits per heavy atom. The highest BCUT2D eigenvalue weighted by atomic mass is 32.1. The largest absolute Gasteiger partial charge is 0.456 e.